The van der Waals surface area contributed by atoms with E-state index in [9.17, 15) is 17.2 Å². The second-order valence-corrected chi connectivity index (χ2v) is 7.11. The summed E-state index contributed by atoms with van der Waals surface area (Å²) in [5.41, 5.74) is 1.10. The lowest BCUT2D eigenvalue weighted by molar-refractivity contribution is 0.480. The van der Waals surface area contributed by atoms with E-state index in [1.165, 1.54) is 0 Å². The normalized spacial score (nSPS) is 11.6. The van der Waals surface area contributed by atoms with E-state index < -0.39 is 26.6 Å². The molecule has 130 valence electrons. The summed E-state index contributed by atoms with van der Waals surface area (Å²) in [6.07, 6.45) is 0.882. The molecule has 24 heavy (non-hydrogen) atoms. The predicted octanol–water partition coefficient (Wildman–Crippen LogP) is 2.94. The average molecular weight is 354 g/mol. The van der Waals surface area contributed by atoms with Gasteiger partial charge in [0.05, 0.1) is 0 Å². The summed E-state index contributed by atoms with van der Waals surface area (Å²) in [5.74, 6) is -2.54. The van der Waals surface area contributed by atoms with Gasteiger partial charge in [0, 0.05) is 13.1 Å². The number of halogens is 2. The van der Waals surface area contributed by atoms with Crippen LogP contribution in [0.2, 0.25) is 0 Å². The van der Waals surface area contributed by atoms with Crippen molar-refractivity contribution in [2.75, 3.05) is 6.54 Å². The van der Waals surface area contributed by atoms with E-state index in [-0.39, 0.29) is 13.1 Å². The Bertz CT molecular complexity index is 781. The van der Waals surface area contributed by atoms with Crippen molar-refractivity contribution in [1.82, 2.24) is 10.0 Å². The summed E-state index contributed by atoms with van der Waals surface area (Å²) in [5, 5.41) is 3.03. The summed E-state index contributed by atoms with van der Waals surface area (Å²) in [7, 11) is -4.16. The Morgan fingerprint density at radius 1 is 1.00 bits per heavy atom. The van der Waals surface area contributed by atoms with Crippen molar-refractivity contribution in [2.24, 2.45) is 0 Å². The van der Waals surface area contributed by atoms with E-state index in [4.69, 9.17) is 0 Å². The first-order valence-corrected chi connectivity index (χ1v) is 9.14. The molecule has 0 radical (unpaired) electrons. The topological polar surface area (TPSA) is 58.2 Å². The van der Waals surface area contributed by atoms with Crippen molar-refractivity contribution in [1.29, 1.82) is 0 Å². The van der Waals surface area contributed by atoms with Gasteiger partial charge in [0.15, 0.2) is 11.6 Å². The van der Waals surface area contributed by atoms with Crippen molar-refractivity contribution in [3.05, 3.63) is 65.2 Å². The van der Waals surface area contributed by atoms with Crippen molar-refractivity contribution in [3.63, 3.8) is 0 Å². The molecular weight excluding hydrogens is 334 g/mol. The number of hydrogen-bond acceptors (Lipinski definition) is 3. The van der Waals surface area contributed by atoms with Crippen LogP contribution in [0.3, 0.4) is 0 Å². The van der Waals surface area contributed by atoms with E-state index in [1.807, 2.05) is 6.92 Å². The second-order valence-electron chi connectivity index (χ2n) is 5.38. The lowest BCUT2D eigenvalue weighted by Gasteiger charge is -2.11. The van der Waals surface area contributed by atoms with Crippen LogP contribution in [0.15, 0.2) is 47.4 Å². The van der Waals surface area contributed by atoms with Crippen LogP contribution in [0.1, 0.15) is 24.5 Å². The van der Waals surface area contributed by atoms with Gasteiger partial charge in [-0.2, -0.15) is 0 Å². The van der Waals surface area contributed by atoms with Crippen LogP contribution in [0, 0.1) is 11.6 Å². The maximum atomic E-state index is 14.0. The van der Waals surface area contributed by atoms with Crippen LogP contribution in [-0.4, -0.2) is 15.0 Å². The average Bonchev–Trinajstić information content (AvgIpc) is 2.57. The molecule has 2 aromatic carbocycles. The monoisotopic (exact) mass is 354 g/mol. The Morgan fingerprint density at radius 2 is 1.71 bits per heavy atom. The molecule has 0 amide bonds. The standard InChI is InChI=1S/C17H20F2N2O2S/c1-2-8-20-11-14-9-15(18)17(19)16(10-14)24(22,23)21-12-13-6-4-3-5-7-13/h3-7,9-10,20-21H,2,8,11-12H2,1H3. The third-order valence-electron chi connectivity index (χ3n) is 3.41. The predicted molar refractivity (Wildman–Crippen MR) is 88.8 cm³/mol. The number of hydrogen-bond donors (Lipinski definition) is 2. The Morgan fingerprint density at radius 3 is 2.38 bits per heavy atom. The molecule has 0 fully saturated rings. The first-order chi connectivity index (χ1) is 11.4. The fraction of sp³-hybridized carbons (Fsp3) is 0.294. The highest BCUT2D eigenvalue weighted by molar-refractivity contribution is 7.89. The smallest absolute Gasteiger partial charge is 0.243 e. The van der Waals surface area contributed by atoms with Gasteiger partial charge in [0.2, 0.25) is 10.0 Å². The van der Waals surface area contributed by atoms with E-state index >= 15 is 0 Å². The van der Waals surface area contributed by atoms with Gasteiger partial charge in [-0.15, -0.1) is 0 Å². The zero-order chi connectivity index (χ0) is 17.6. The van der Waals surface area contributed by atoms with Gasteiger partial charge < -0.3 is 5.32 Å². The Labute approximate surface area is 141 Å². The Hall–Kier alpha value is -1.83. The van der Waals surface area contributed by atoms with Crippen LogP contribution < -0.4 is 10.0 Å². The highest BCUT2D eigenvalue weighted by Crippen LogP contribution is 2.20. The highest BCUT2D eigenvalue weighted by Gasteiger charge is 2.22. The minimum absolute atomic E-state index is 0.00252. The molecule has 0 aliphatic rings. The van der Waals surface area contributed by atoms with Gasteiger partial charge >= 0.3 is 0 Å². The van der Waals surface area contributed by atoms with E-state index in [2.05, 4.69) is 10.0 Å². The number of benzene rings is 2. The molecule has 2 N–H and O–H groups in total. The van der Waals surface area contributed by atoms with Crippen LogP contribution in [0.5, 0.6) is 0 Å². The molecule has 2 aromatic rings. The summed E-state index contributed by atoms with van der Waals surface area (Å²) in [6, 6.07) is 11.0. The summed E-state index contributed by atoms with van der Waals surface area (Å²) >= 11 is 0. The zero-order valence-electron chi connectivity index (χ0n) is 13.4. The Kier molecular flexibility index (Phi) is 6.42. The number of rotatable bonds is 8. The maximum absolute atomic E-state index is 14.0. The van der Waals surface area contributed by atoms with Crippen LogP contribution >= 0.6 is 0 Å². The Balaban J connectivity index is 2.21. The third kappa shape index (κ3) is 4.83. The number of sulfonamides is 1. The van der Waals surface area contributed by atoms with Crippen LogP contribution in [0.4, 0.5) is 8.78 Å². The molecule has 0 spiro atoms. The quantitative estimate of drug-likeness (QED) is 0.717. The molecular formula is C17H20F2N2O2S. The van der Waals surface area contributed by atoms with Gasteiger partial charge in [-0.1, -0.05) is 37.3 Å². The molecule has 0 unspecified atom stereocenters. The first kappa shape index (κ1) is 18.5. The van der Waals surface area contributed by atoms with Gasteiger partial charge in [-0.3, -0.25) is 0 Å². The van der Waals surface area contributed by atoms with Crippen molar-refractivity contribution in [2.45, 2.75) is 31.3 Å². The zero-order valence-corrected chi connectivity index (χ0v) is 14.2. The highest BCUT2D eigenvalue weighted by atomic mass is 32.2. The van der Waals surface area contributed by atoms with Gasteiger partial charge in [0.1, 0.15) is 4.90 Å². The third-order valence-corrected chi connectivity index (χ3v) is 4.81. The van der Waals surface area contributed by atoms with E-state index in [1.54, 1.807) is 30.3 Å². The lowest BCUT2D eigenvalue weighted by atomic mass is 10.2. The molecule has 0 atom stereocenters. The second kappa shape index (κ2) is 8.32. The minimum atomic E-state index is -4.16. The number of nitrogens with one attached hydrogen (secondary N) is 2. The molecule has 0 aliphatic heterocycles. The van der Waals surface area contributed by atoms with Crippen molar-refractivity contribution >= 4 is 10.0 Å². The lowest BCUT2D eigenvalue weighted by Crippen LogP contribution is -2.25. The molecule has 7 heteroatoms. The summed E-state index contributed by atoms with van der Waals surface area (Å²) < 4.78 is 54.7. The molecule has 0 heterocycles. The largest absolute Gasteiger partial charge is 0.313 e. The summed E-state index contributed by atoms with van der Waals surface area (Å²) in [4.78, 5) is -0.674. The fourth-order valence-electron chi connectivity index (χ4n) is 2.18. The molecule has 0 bridgehead atoms. The van der Waals surface area contributed by atoms with Crippen molar-refractivity contribution < 1.29 is 17.2 Å². The summed E-state index contributed by atoms with van der Waals surface area (Å²) in [6.45, 7) is 2.95. The molecule has 2 rings (SSSR count). The van der Waals surface area contributed by atoms with E-state index in [0.29, 0.717) is 12.1 Å². The van der Waals surface area contributed by atoms with Gasteiger partial charge in [-0.25, -0.2) is 21.9 Å². The molecule has 4 nitrogen and oxygen atoms in total. The van der Waals surface area contributed by atoms with Crippen molar-refractivity contribution in [3.8, 4) is 0 Å². The van der Waals surface area contributed by atoms with Gasteiger partial charge in [0.25, 0.3) is 0 Å². The maximum Gasteiger partial charge on any atom is 0.243 e. The molecule has 0 saturated heterocycles. The van der Waals surface area contributed by atoms with Crippen LogP contribution in [-0.2, 0) is 23.1 Å². The minimum Gasteiger partial charge on any atom is -0.313 e. The fourth-order valence-corrected chi connectivity index (χ4v) is 3.33. The van der Waals surface area contributed by atoms with E-state index in [0.717, 1.165) is 24.1 Å². The van der Waals surface area contributed by atoms with Gasteiger partial charge in [-0.05, 0) is 36.2 Å². The molecule has 0 aliphatic carbocycles. The first-order valence-electron chi connectivity index (χ1n) is 7.66. The SMILES string of the molecule is CCCNCc1cc(F)c(F)c(S(=O)(=O)NCc2ccccc2)c1. The van der Waals surface area contributed by atoms with Crippen LogP contribution in [0.25, 0.3) is 0 Å². The molecule has 0 saturated carbocycles. The molecule has 0 aromatic heterocycles.